The van der Waals surface area contributed by atoms with Crippen LogP contribution in [0.1, 0.15) is 39.0 Å². The monoisotopic (exact) mass is 255 g/mol. The summed E-state index contributed by atoms with van der Waals surface area (Å²) in [5.74, 6) is 0.189. The van der Waals surface area contributed by atoms with E-state index in [1.165, 1.54) is 0 Å². The van der Waals surface area contributed by atoms with Gasteiger partial charge in [0, 0.05) is 26.1 Å². The number of hydrogen-bond acceptors (Lipinski definition) is 3. The van der Waals surface area contributed by atoms with E-state index in [2.05, 4.69) is 5.32 Å². The van der Waals surface area contributed by atoms with E-state index >= 15 is 0 Å². The van der Waals surface area contributed by atoms with E-state index in [-0.39, 0.29) is 17.7 Å². The number of rotatable bonds is 6. The molecule has 3 N–H and O–H groups in total. The zero-order chi connectivity index (χ0) is 13.4. The molecule has 18 heavy (non-hydrogen) atoms. The van der Waals surface area contributed by atoms with Crippen molar-refractivity contribution in [2.24, 2.45) is 11.7 Å². The zero-order valence-corrected chi connectivity index (χ0v) is 11.3. The minimum Gasteiger partial charge on any atom is -0.356 e. The van der Waals surface area contributed by atoms with E-state index in [4.69, 9.17) is 5.73 Å². The predicted octanol–water partition coefficient (Wildman–Crippen LogP) is 0.490. The first-order valence-electron chi connectivity index (χ1n) is 6.94. The van der Waals surface area contributed by atoms with Crippen LogP contribution >= 0.6 is 0 Å². The van der Waals surface area contributed by atoms with Gasteiger partial charge in [-0.2, -0.15) is 0 Å². The zero-order valence-electron chi connectivity index (χ0n) is 11.3. The highest BCUT2D eigenvalue weighted by atomic mass is 16.2. The topological polar surface area (TPSA) is 75.4 Å². The third-order valence-electron chi connectivity index (χ3n) is 3.29. The van der Waals surface area contributed by atoms with Crippen molar-refractivity contribution in [3.63, 3.8) is 0 Å². The Morgan fingerprint density at radius 2 is 2.22 bits per heavy atom. The van der Waals surface area contributed by atoms with Crippen molar-refractivity contribution in [2.45, 2.75) is 39.0 Å². The van der Waals surface area contributed by atoms with Crippen LogP contribution in [0.25, 0.3) is 0 Å². The van der Waals surface area contributed by atoms with Gasteiger partial charge in [0.1, 0.15) is 0 Å². The van der Waals surface area contributed by atoms with Crippen molar-refractivity contribution in [3.8, 4) is 0 Å². The van der Waals surface area contributed by atoms with Crippen molar-refractivity contribution >= 4 is 11.8 Å². The first-order valence-corrected chi connectivity index (χ1v) is 6.94. The van der Waals surface area contributed by atoms with Crippen molar-refractivity contribution < 1.29 is 9.59 Å². The Morgan fingerprint density at radius 3 is 2.89 bits per heavy atom. The summed E-state index contributed by atoms with van der Waals surface area (Å²) in [6, 6.07) is 0. The van der Waals surface area contributed by atoms with Crippen LogP contribution in [0.5, 0.6) is 0 Å². The summed E-state index contributed by atoms with van der Waals surface area (Å²) in [7, 11) is 0. The van der Waals surface area contributed by atoms with Gasteiger partial charge >= 0.3 is 0 Å². The van der Waals surface area contributed by atoms with E-state index < -0.39 is 0 Å². The van der Waals surface area contributed by atoms with Gasteiger partial charge in [0.15, 0.2) is 0 Å². The summed E-state index contributed by atoms with van der Waals surface area (Å²) >= 11 is 0. The molecule has 1 saturated heterocycles. The number of carbonyl (C=O) groups is 2. The van der Waals surface area contributed by atoms with Gasteiger partial charge in [-0.3, -0.25) is 9.59 Å². The van der Waals surface area contributed by atoms with Gasteiger partial charge < -0.3 is 16.0 Å². The van der Waals surface area contributed by atoms with Crippen LogP contribution in [0, 0.1) is 5.92 Å². The molecule has 1 fully saturated rings. The molecule has 1 unspecified atom stereocenters. The van der Waals surface area contributed by atoms with Gasteiger partial charge in [0.2, 0.25) is 11.8 Å². The molecule has 0 radical (unpaired) electrons. The molecular formula is C13H25N3O2. The molecule has 0 aliphatic carbocycles. The molecule has 5 heteroatoms. The maximum absolute atomic E-state index is 11.9. The number of amides is 2. The summed E-state index contributed by atoms with van der Waals surface area (Å²) < 4.78 is 0. The smallest absolute Gasteiger partial charge is 0.224 e. The average Bonchev–Trinajstić information content (AvgIpc) is 2.42. The highest BCUT2D eigenvalue weighted by Crippen LogP contribution is 2.17. The first kappa shape index (κ1) is 15.0. The fourth-order valence-corrected chi connectivity index (χ4v) is 2.22. The maximum Gasteiger partial charge on any atom is 0.224 e. The van der Waals surface area contributed by atoms with Crippen LogP contribution in [-0.4, -0.2) is 42.9 Å². The van der Waals surface area contributed by atoms with Gasteiger partial charge in [-0.25, -0.2) is 0 Å². The van der Waals surface area contributed by atoms with E-state index in [1.807, 2.05) is 11.8 Å². The van der Waals surface area contributed by atoms with Crippen LogP contribution < -0.4 is 11.1 Å². The summed E-state index contributed by atoms with van der Waals surface area (Å²) in [5.41, 5.74) is 5.40. The van der Waals surface area contributed by atoms with Crippen LogP contribution in [0.4, 0.5) is 0 Å². The number of nitrogens with zero attached hydrogens (tertiary/aromatic N) is 1. The molecule has 0 aromatic heterocycles. The van der Waals surface area contributed by atoms with Crippen molar-refractivity contribution in [3.05, 3.63) is 0 Å². The molecule has 0 aromatic carbocycles. The van der Waals surface area contributed by atoms with Crippen molar-refractivity contribution in [2.75, 3.05) is 26.2 Å². The Balaban J connectivity index is 2.40. The molecule has 1 atom stereocenters. The molecule has 2 amide bonds. The quantitative estimate of drug-likeness (QED) is 0.725. The highest BCUT2D eigenvalue weighted by molar-refractivity contribution is 5.81. The van der Waals surface area contributed by atoms with E-state index in [0.717, 1.165) is 38.8 Å². The molecule has 1 heterocycles. The third-order valence-corrected chi connectivity index (χ3v) is 3.29. The van der Waals surface area contributed by atoms with Crippen LogP contribution in [-0.2, 0) is 9.59 Å². The van der Waals surface area contributed by atoms with Crippen molar-refractivity contribution in [1.29, 1.82) is 0 Å². The molecule has 0 bridgehead atoms. The first-order chi connectivity index (χ1) is 8.69. The van der Waals surface area contributed by atoms with Gasteiger partial charge in [-0.1, -0.05) is 6.92 Å². The van der Waals surface area contributed by atoms with Gasteiger partial charge in [-0.05, 0) is 32.2 Å². The lowest BCUT2D eigenvalue weighted by atomic mass is 9.96. The van der Waals surface area contributed by atoms with Crippen LogP contribution in [0.15, 0.2) is 0 Å². The molecule has 0 spiro atoms. The van der Waals surface area contributed by atoms with E-state index in [0.29, 0.717) is 19.5 Å². The molecule has 104 valence electrons. The van der Waals surface area contributed by atoms with Crippen LogP contribution in [0.3, 0.4) is 0 Å². The fraction of sp³-hybridized carbons (Fsp3) is 0.846. The lowest BCUT2D eigenvalue weighted by molar-refractivity contribution is -0.135. The molecule has 1 rings (SSSR count). The predicted molar refractivity (Wildman–Crippen MR) is 70.9 cm³/mol. The Bertz CT molecular complexity index is 255. The fourth-order valence-electron chi connectivity index (χ4n) is 2.22. The summed E-state index contributed by atoms with van der Waals surface area (Å²) in [6.07, 6.45) is 3.97. The normalized spacial score (nSPS) is 19.7. The third kappa shape index (κ3) is 4.64. The molecule has 0 aromatic rings. The van der Waals surface area contributed by atoms with Gasteiger partial charge in [0.05, 0.1) is 5.92 Å². The molecule has 1 aliphatic heterocycles. The Kier molecular flexibility index (Phi) is 6.72. The second-order valence-electron chi connectivity index (χ2n) is 4.86. The van der Waals surface area contributed by atoms with Crippen molar-refractivity contribution in [1.82, 2.24) is 10.2 Å². The minimum absolute atomic E-state index is 0.0351. The Hall–Kier alpha value is -1.10. The van der Waals surface area contributed by atoms with Gasteiger partial charge in [-0.15, -0.1) is 0 Å². The molecule has 1 aliphatic rings. The average molecular weight is 255 g/mol. The lowest BCUT2D eigenvalue weighted by Crippen LogP contribution is -2.45. The molecule has 0 saturated carbocycles. The lowest BCUT2D eigenvalue weighted by Gasteiger charge is -2.32. The number of carbonyl (C=O) groups excluding carboxylic acids is 2. The summed E-state index contributed by atoms with van der Waals surface area (Å²) in [4.78, 5) is 25.6. The molecule has 5 nitrogen and oxygen atoms in total. The summed E-state index contributed by atoms with van der Waals surface area (Å²) in [5, 5.41) is 2.91. The Morgan fingerprint density at radius 1 is 1.44 bits per heavy atom. The van der Waals surface area contributed by atoms with E-state index in [1.54, 1.807) is 0 Å². The number of nitrogens with one attached hydrogen (secondary N) is 1. The van der Waals surface area contributed by atoms with Gasteiger partial charge in [0.25, 0.3) is 0 Å². The number of piperidine rings is 1. The number of likely N-dealkylation sites (tertiary alicyclic amines) is 1. The Labute approximate surface area is 109 Å². The van der Waals surface area contributed by atoms with Crippen LogP contribution in [0.2, 0.25) is 0 Å². The SMILES string of the molecule is CCCNC(=O)C1CCCN(C(=O)CCCN)C1. The van der Waals surface area contributed by atoms with E-state index in [9.17, 15) is 9.59 Å². The molecular weight excluding hydrogens is 230 g/mol. The minimum atomic E-state index is -0.0351. The highest BCUT2D eigenvalue weighted by Gasteiger charge is 2.27. The largest absolute Gasteiger partial charge is 0.356 e. The maximum atomic E-state index is 11.9. The number of nitrogens with two attached hydrogens (primary N) is 1. The second kappa shape index (κ2) is 8.08. The summed E-state index contributed by atoms with van der Waals surface area (Å²) in [6.45, 7) is 4.64. The second-order valence-corrected chi connectivity index (χ2v) is 4.86. The number of hydrogen-bond donors (Lipinski definition) is 2. The standard InChI is InChI=1S/C13H25N3O2/c1-2-8-15-13(18)11-5-4-9-16(10-11)12(17)6-3-7-14/h11H,2-10,14H2,1H3,(H,15,18).